The summed E-state index contributed by atoms with van der Waals surface area (Å²) < 4.78 is 7.29. The van der Waals surface area contributed by atoms with E-state index in [0.717, 1.165) is 27.9 Å². The fourth-order valence-corrected chi connectivity index (χ4v) is 3.46. The third kappa shape index (κ3) is 4.38. The van der Waals surface area contributed by atoms with Gasteiger partial charge in [-0.1, -0.05) is 42.1 Å². The van der Waals surface area contributed by atoms with Crippen molar-refractivity contribution in [3.8, 4) is 17.1 Å². The van der Waals surface area contributed by atoms with Crippen LogP contribution in [0.15, 0.2) is 66.3 Å². The summed E-state index contributed by atoms with van der Waals surface area (Å²) in [6.07, 6.45) is 1.80. The van der Waals surface area contributed by atoms with Crippen LogP contribution in [0.1, 0.15) is 15.9 Å². The van der Waals surface area contributed by atoms with E-state index >= 15 is 0 Å². The normalized spacial score (nSPS) is 10.6. The van der Waals surface area contributed by atoms with Crippen molar-refractivity contribution in [1.82, 2.24) is 14.8 Å². The Morgan fingerprint density at radius 2 is 2.04 bits per heavy atom. The Hall–Kier alpha value is -3.06. The second kappa shape index (κ2) is 8.55. The highest BCUT2D eigenvalue weighted by molar-refractivity contribution is 7.98. The zero-order valence-electron chi connectivity index (χ0n) is 14.8. The molecule has 0 aliphatic heterocycles. The van der Waals surface area contributed by atoms with E-state index in [1.165, 1.54) is 0 Å². The third-order valence-corrected chi connectivity index (χ3v) is 4.96. The summed E-state index contributed by atoms with van der Waals surface area (Å²) >= 11 is 1.54. The number of rotatable bonds is 8. The lowest BCUT2D eigenvalue weighted by Gasteiger charge is -2.09. The minimum atomic E-state index is -0.928. The molecule has 0 aliphatic rings. The molecule has 3 aromatic rings. The molecule has 1 aromatic heterocycles. The largest absolute Gasteiger partial charge is 0.497 e. The number of nitrogens with zero attached hydrogens (tertiary/aromatic N) is 3. The molecule has 0 saturated heterocycles. The lowest BCUT2D eigenvalue weighted by molar-refractivity contribution is 0.0697. The summed E-state index contributed by atoms with van der Waals surface area (Å²) in [6, 6.07) is 14.5. The van der Waals surface area contributed by atoms with E-state index in [9.17, 15) is 4.79 Å². The molecule has 0 unspecified atom stereocenters. The van der Waals surface area contributed by atoms with Crippen molar-refractivity contribution in [3.63, 3.8) is 0 Å². The van der Waals surface area contributed by atoms with Crippen LogP contribution in [-0.4, -0.2) is 33.0 Å². The number of carboxylic acids is 1. The molecule has 27 heavy (non-hydrogen) atoms. The molecule has 1 N–H and O–H groups in total. The molecule has 0 fully saturated rings. The van der Waals surface area contributed by atoms with Crippen LogP contribution in [0.25, 0.3) is 11.4 Å². The van der Waals surface area contributed by atoms with Crippen LogP contribution in [0.5, 0.6) is 5.75 Å². The summed E-state index contributed by atoms with van der Waals surface area (Å²) in [5.41, 5.74) is 2.21. The van der Waals surface area contributed by atoms with Gasteiger partial charge >= 0.3 is 5.97 Å². The zero-order chi connectivity index (χ0) is 19.2. The van der Waals surface area contributed by atoms with Crippen molar-refractivity contribution in [1.29, 1.82) is 0 Å². The fraction of sp³-hybridized carbons (Fsp3) is 0.150. The molecule has 7 heteroatoms. The predicted molar refractivity (Wildman–Crippen MR) is 105 cm³/mol. The van der Waals surface area contributed by atoms with Crippen molar-refractivity contribution in [2.75, 3.05) is 7.11 Å². The molecule has 1 heterocycles. The average Bonchev–Trinajstić information content (AvgIpc) is 3.09. The number of thioether (sulfide) groups is 1. The van der Waals surface area contributed by atoms with Gasteiger partial charge < -0.3 is 9.84 Å². The first-order valence-corrected chi connectivity index (χ1v) is 9.24. The number of ether oxygens (including phenoxy) is 1. The molecule has 0 aliphatic carbocycles. The van der Waals surface area contributed by atoms with Gasteiger partial charge in [-0.15, -0.1) is 16.8 Å². The highest BCUT2D eigenvalue weighted by atomic mass is 32.2. The number of hydrogen-bond acceptors (Lipinski definition) is 5. The quantitative estimate of drug-likeness (QED) is 0.467. The van der Waals surface area contributed by atoms with Crippen molar-refractivity contribution in [3.05, 3.63) is 72.3 Å². The standard InChI is InChI=1S/C20H19N3O3S/c1-3-11-23-18(16-5-4-6-17(12-16)26-2)21-22-20(23)27-13-14-7-9-15(10-8-14)19(24)25/h3-10,12H,1,11,13H2,2H3,(H,24,25). The van der Waals surface area contributed by atoms with Crippen molar-refractivity contribution in [2.24, 2.45) is 0 Å². The summed E-state index contributed by atoms with van der Waals surface area (Å²) in [5, 5.41) is 18.4. The second-order valence-electron chi connectivity index (χ2n) is 5.73. The van der Waals surface area contributed by atoms with E-state index in [1.54, 1.807) is 37.1 Å². The molecule has 6 nitrogen and oxygen atoms in total. The lowest BCUT2D eigenvalue weighted by Crippen LogP contribution is -2.01. The minimum Gasteiger partial charge on any atom is -0.497 e. The van der Waals surface area contributed by atoms with Gasteiger partial charge in [-0.3, -0.25) is 4.57 Å². The van der Waals surface area contributed by atoms with Gasteiger partial charge in [-0.2, -0.15) is 0 Å². The van der Waals surface area contributed by atoms with Crippen molar-refractivity contribution >= 4 is 17.7 Å². The summed E-state index contributed by atoms with van der Waals surface area (Å²) in [5.74, 6) is 1.24. The van der Waals surface area contributed by atoms with Gasteiger partial charge in [0.2, 0.25) is 0 Å². The minimum absolute atomic E-state index is 0.277. The average molecular weight is 381 g/mol. The Morgan fingerprint density at radius 1 is 1.26 bits per heavy atom. The van der Waals surface area contributed by atoms with Crippen LogP contribution < -0.4 is 4.74 Å². The summed E-state index contributed by atoms with van der Waals surface area (Å²) in [6.45, 7) is 4.41. The second-order valence-corrected chi connectivity index (χ2v) is 6.67. The Balaban J connectivity index is 1.82. The first-order chi connectivity index (χ1) is 13.1. The molecule has 0 bridgehead atoms. The number of aromatic nitrogens is 3. The van der Waals surface area contributed by atoms with Gasteiger partial charge in [0.1, 0.15) is 5.75 Å². The van der Waals surface area contributed by atoms with Crippen LogP contribution in [0.4, 0.5) is 0 Å². The van der Waals surface area contributed by atoms with Gasteiger partial charge in [0.05, 0.1) is 12.7 Å². The molecule has 0 spiro atoms. The first-order valence-electron chi connectivity index (χ1n) is 8.26. The molecule has 0 amide bonds. The number of benzene rings is 2. The molecule has 2 aromatic carbocycles. The number of allylic oxidation sites excluding steroid dienone is 1. The van der Waals surface area contributed by atoms with Crippen LogP contribution in [0, 0.1) is 0 Å². The van der Waals surface area contributed by atoms with E-state index in [4.69, 9.17) is 9.84 Å². The lowest BCUT2D eigenvalue weighted by atomic mass is 10.1. The summed E-state index contributed by atoms with van der Waals surface area (Å²) in [4.78, 5) is 10.9. The van der Waals surface area contributed by atoms with Crippen LogP contribution >= 0.6 is 11.8 Å². The van der Waals surface area contributed by atoms with E-state index in [-0.39, 0.29) is 5.56 Å². The van der Waals surface area contributed by atoms with Crippen LogP contribution in [-0.2, 0) is 12.3 Å². The highest BCUT2D eigenvalue weighted by Crippen LogP contribution is 2.28. The van der Waals surface area contributed by atoms with E-state index < -0.39 is 5.97 Å². The van der Waals surface area contributed by atoms with E-state index in [1.807, 2.05) is 41.0 Å². The molecule has 3 rings (SSSR count). The fourth-order valence-electron chi connectivity index (χ4n) is 2.56. The molecule has 0 radical (unpaired) electrons. The van der Waals surface area contributed by atoms with Gasteiger partial charge in [0, 0.05) is 17.9 Å². The SMILES string of the molecule is C=CCn1c(SCc2ccc(C(=O)O)cc2)nnc1-c1cccc(OC)c1. The number of methoxy groups -OCH3 is 1. The topological polar surface area (TPSA) is 77.2 Å². The van der Waals surface area contributed by atoms with Crippen molar-refractivity contribution < 1.29 is 14.6 Å². The number of hydrogen-bond donors (Lipinski definition) is 1. The van der Waals surface area contributed by atoms with Crippen LogP contribution in [0.2, 0.25) is 0 Å². The number of carboxylic acid groups (broad SMARTS) is 1. The van der Waals surface area contributed by atoms with Gasteiger partial charge in [0.25, 0.3) is 0 Å². The molecule has 138 valence electrons. The molecule has 0 saturated carbocycles. The number of aromatic carboxylic acids is 1. The van der Waals surface area contributed by atoms with E-state index in [2.05, 4.69) is 16.8 Å². The molecule has 0 atom stereocenters. The van der Waals surface area contributed by atoms with Crippen molar-refractivity contribution in [2.45, 2.75) is 17.5 Å². The maximum Gasteiger partial charge on any atom is 0.335 e. The zero-order valence-corrected chi connectivity index (χ0v) is 15.6. The molecular weight excluding hydrogens is 362 g/mol. The third-order valence-electron chi connectivity index (χ3n) is 3.93. The maximum absolute atomic E-state index is 10.9. The van der Waals surface area contributed by atoms with Gasteiger partial charge in [-0.05, 0) is 29.8 Å². The highest BCUT2D eigenvalue weighted by Gasteiger charge is 2.14. The number of carbonyl (C=O) groups is 1. The maximum atomic E-state index is 10.9. The van der Waals surface area contributed by atoms with Gasteiger partial charge in [0.15, 0.2) is 11.0 Å². The Kier molecular flexibility index (Phi) is 5.93. The summed E-state index contributed by atoms with van der Waals surface area (Å²) in [7, 11) is 1.63. The smallest absolute Gasteiger partial charge is 0.335 e. The monoisotopic (exact) mass is 381 g/mol. The Labute approximate surface area is 161 Å². The first kappa shape index (κ1) is 18.7. The Morgan fingerprint density at radius 3 is 2.70 bits per heavy atom. The van der Waals surface area contributed by atoms with Crippen LogP contribution in [0.3, 0.4) is 0 Å². The predicted octanol–water partition coefficient (Wildman–Crippen LogP) is 4.13. The molecular formula is C20H19N3O3S. The Bertz CT molecular complexity index is 951. The van der Waals surface area contributed by atoms with E-state index in [0.29, 0.717) is 12.3 Å². The van der Waals surface area contributed by atoms with Gasteiger partial charge in [-0.25, -0.2) is 4.79 Å².